The highest BCUT2D eigenvalue weighted by molar-refractivity contribution is 6.33. The number of imidazole rings is 1. The minimum absolute atomic E-state index is 0.506. The van der Waals surface area contributed by atoms with E-state index < -0.39 is 0 Å². The van der Waals surface area contributed by atoms with Crippen molar-refractivity contribution < 1.29 is 0 Å². The molecule has 0 aliphatic carbocycles. The van der Waals surface area contributed by atoms with Crippen molar-refractivity contribution in [2.24, 2.45) is 0 Å². The molecule has 1 aliphatic heterocycles. The highest BCUT2D eigenvalue weighted by Crippen LogP contribution is 2.28. The zero-order valence-corrected chi connectivity index (χ0v) is 10.2. The van der Waals surface area contributed by atoms with Crippen LogP contribution in [-0.2, 0) is 0 Å². The van der Waals surface area contributed by atoms with E-state index in [4.69, 9.17) is 11.6 Å². The van der Waals surface area contributed by atoms with Crippen molar-refractivity contribution in [2.45, 2.75) is 12.3 Å². The molecule has 3 nitrogen and oxygen atoms in total. The Morgan fingerprint density at radius 1 is 1.29 bits per heavy atom. The van der Waals surface area contributed by atoms with Crippen molar-refractivity contribution in [3.63, 3.8) is 0 Å². The molecule has 1 saturated heterocycles. The smallest absolute Gasteiger partial charge is 0.110 e. The molecule has 2 aromatic rings. The van der Waals surface area contributed by atoms with Crippen LogP contribution in [0.3, 0.4) is 0 Å². The Bertz CT molecular complexity index is 515. The van der Waals surface area contributed by atoms with E-state index in [1.54, 1.807) is 0 Å². The monoisotopic (exact) mass is 247 g/mol. The van der Waals surface area contributed by atoms with Gasteiger partial charge in [-0.05, 0) is 19.0 Å². The number of H-pyrrole nitrogens is 1. The summed E-state index contributed by atoms with van der Waals surface area (Å²) < 4.78 is 0. The van der Waals surface area contributed by atoms with Crippen molar-refractivity contribution in [1.82, 2.24) is 15.3 Å². The van der Waals surface area contributed by atoms with Gasteiger partial charge >= 0.3 is 0 Å². The molecule has 88 valence electrons. The first-order valence-electron chi connectivity index (χ1n) is 5.85. The lowest BCUT2D eigenvalue weighted by atomic mass is 10.1. The van der Waals surface area contributed by atoms with Gasteiger partial charge in [-0.1, -0.05) is 29.8 Å². The second-order valence-electron chi connectivity index (χ2n) is 4.35. The first-order valence-corrected chi connectivity index (χ1v) is 6.23. The fourth-order valence-corrected chi connectivity index (χ4v) is 2.49. The number of hydrogen-bond donors (Lipinski definition) is 2. The van der Waals surface area contributed by atoms with Crippen molar-refractivity contribution in [2.75, 3.05) is 13.1 Å². The summed E-state index contributed by atoms with van der Waals surface area (Å²) in [6.45, 7) is 2.09. The van der Waals surface area contributed by atoms with Gasteiger partial charge in [-0.2, -0.15) is 0 Å². The molecular formula is C13H14ClN3. The molecule has 2 heterocycles. The number of nitrogens with one attached hydrogen (secondary N) is 2. The molecule has 1 atom stereocenters. The van der Waals surface area contributed by atoms with Gasteiger partial charge in [-0.15, -0.1) is 0 Å². The maximum atomic E-state index is 6.17. The Kier molecular flexibility index (Phi) is 2.87. The summed E-state index contributed by atoms with van der Waals surface area (Å²) in [6.07, 6.45) is 3.02. The zero-order chi connectivity index (χ0) is 11.7. The number of aromatic amines is 1. The highest BCUT2D eigenvalue weighted by atomic mass is 35.5. The fourth-order valence-electron chi connectivity index (χ4n) is 2.25. The summed E-state index contributed by atoms with van der Waals surface area (Å²) in [4.78, 5) is 7.84. The van der Waals surface area contributed by atoms with Crippen LogP contribution in [-0.4, -0.2) is 23.1 Å². The molecular weight excluding hydrogens is 234 g/mol. The Morgan fingerprint density at radius 2 is 2.18 bits per heavy atom. The molecule has 17 heavy (non-hydrogen) atoms. The van der Waals surface area contributed by atoms with Crippen LogP contribution in [0.1, 0.15) is 18.2 Å². The van der Waals surface area contributed by atoms with Crippen LogP contribution in [0.15, 0.2) is 30.5 Å². The summed E-state index contributed by atoms with van der Waals surface area (Å²) in [5.74, 6) is 1.57. The predicted molar refractivity (Wildman–Crippen MR) is 69.3 cm³/mol. The van der Waals surface area contributed by atoms with Crippen LogP contribution in [0.2, 0.25) is 5.02 Å². The van der Waals surface area contributed by atoms with Crippen LogP contribution in [0.4, 0.5) is 0 Å². The molecule has 0 saturated carbocycles. The SMILES string of the molecule is Clc1ccccc1-c1cnc(C2CCNC2)[nH]1. The maximum absolute atomic E-state index is 6.17. The number of nitrogens with zero attached hydrogens (tertiary/aromatic N) is 1. The molecule has 3 rings (SSSR count). The van der Waals surface area contributed by atoms with Crippen molar-refractivity contribution in [1.29, 1.82) is 0 Å². The van der Waals surface area contributed by atoms with E-state index in [2.05, 4.69) is 15.3 Å². The van der Waals surface area contributed by atoms with Gasteiger partial charge in [-0.3, -0.25) is 0 Å². The van der Waals surface area contributed by atoms with E-state index in [1.165, 1.54) is 0 Å². The minimum Gasteiger partial charge on any atom is -0.342 e. The molecule has 1 aromatic heterocycles. The number of benzene rings is 1. The maximum Gasteiger partial charge on any atom is 0.110 e. The summed E-state index contributed by atoms with van der Waals surface area (Å²) in [5.41, 5.74) is 2.01. The summed E-state index contributed by atoms with van der Waals surface area (Å²) in [6, 6.07) is 7.82. The van der Waals surface area contributed by atoms with Crippen molar-refractivity contribution in [3.05, 3.63) is 41.3 Å². The van der Waals surface area contributed by atoms with Crippen LogP contribution in [0.25, 0.3) is 11.3 Å². The average Bonchev–Trinajstić information content (AvgIpc) is 3.00. The van der Waals surface area contributed by atoms with Crippen molar-refractivity contribution >= 4 is 11.6 Å². The van der Waals surface area contributed by atoms with E-state index in [1.807, 2.05) is 30.5 Å². The van der Waals surface area contributed by atoms with Crippen LogP contribution >= 0.6 is 11.6 Å². The largest absolute Gasteiger partial charge is 0.342 e. The van der Waals surface area contributed by atoms with E-state index in [0.717, 1.165) is 41.6 Å². The lowest BCUT2D eigenvalue weighted by Gasteiger charge is -2.04. The minimum atomic E-state index is 0.506. The first-order chi connectivity index (χ1) is 8.34. The van der Waals surface area contributed by atoms with Gasteiger partial charge in [0.1, 0.15) is 5.82 Å². The third-order valence-corrected chi connectivity index (χ3v) is 3.54. The van der Waals surface area contributed by atoms with Gasteiger partial charge in [-0.25, -0.2) is 4.98 Å². The molecule has 0 radical (unpaired) electrons. The van der Waals surface area contributed by atoms with E-state index in [0.29, 0.717) is 5.92 Å². The summed E-state index contributed by atoms with van der Waals surface area (Å²) >= 11 is 6.17. The van der Waals surface area contributed by atoms with Crippen LogP contribution < -0.4 is 5.32 Å². The lowest BCUT2D eigenvalue weighted by molar-refractivity contribution is 0.715. The zero-order valence-electron chi connectivity index (χ0n) is 9.41. The number of rotatable bonds is 2. The first kappa shape index (κ1) is 10.8. The van der Waals surface area contributed by atoms with Gasteiger partial charge in [0, 0.05) is 23.0 Å². The third kappa shape index (κ3) is 2.08. The van der Waals surface area contributed by atoms with Gasteiger partial charge in [0.15, 0.2) is 0 Å². The standard InChI is InChI=1S/C13H14ClN3/c14-11-4-2-1-3-10(11)12-8-16-13(17-12)9-5-6-15-7-9/h1-4,8-9,15H,5-7H2,(H,16,17). The number of halogens is 1. The molecule has 1 fully saturated rings. The molecule has 1 aliphatic rings. The van der Waals surface area contributed by atoms with Crippen LogP contribution in [0.5, 0.6) is 0 Å². The summed E-state index contributed by atoms with van der Waals surface area (Å²) in [5, 5.41) is 4.10. The Morgan fingerprint density at radius 3 is 2.94 bits per heavy atom. The topological polar surface area (TPSA) is 40.7 Å². The third-order valence-electron chi connectivity index (χ3n) is 3.21. The second kappa shape index (κ2) is 4.51. The van der Waals surface area contributed by atoms with Crippen molar-refractivity contribution in [3.8, 4) is 11.3 Å². The lowest BCUT2D eigenvalue weighted by Crippen LogP contribution is -2.08. The highest BCUT2D eigenvalue weighted by Gasteiger charge is 2.19. The van der Waals surface area contributed by atoms with E-state index >= 15 is 0 Å². The number of aromatic nitrogens is 2. The van der Waals surface area contributed by atoms with E-state index in [9.17, 15) is 0 Å². The quantitative estimate of drug-likeness (QED) is 0.857. The Balaban J connectivity index is 1.92. The molecule has 0 spiro atoms. The molecule has 2 N–H and O–H groups in total. The van der Waals surface area contributed by atoms with Gasteiger partial charge in [0.05, 0.1) is 11.9 Å². The summed E-state index contributed by atoms with van der Waals surface area (Å²) in [7, 11) is 0. The predicted octanol–water partition coefficient (Wildman–Crippen LogP) is 2.81. The number of hydrogen-bond acceptors (Lipinski definition) is 2. The molecule has 4 heteroatoms. The molecule has 0 amide bonds. The van der Waals surface area contributed by atoms with E-state index in [-0.39, 0.29) is 0 Å². The Hall–Kier alpha value is -1.32. The fraction of sp³-hybridized carbons (Fsp3) is 0.308. The Labute approximate surface area is 105 Å². The average molecular weight is 248 g/mol. The second-order valence-corrected chi connectivity index (χ2v) is 4.76. The van der Waals surface area contributed by atoms with Gasteiger partial charge in [0.25, 0.3) is 0 Å². The van der Waals surface area contributed by atoms with Crippen LogP contribution in [0, 0.1) is 0 Å². The molecule has 0 bridgehead atoms. The normalized spacial score (nSPS) is 19.7. The molecule has 1 unspecified atom stereocenters. The molecule has 1 aromatic carbocycles. The van der Waals surface area contributed by atoms with Gasteiger partial charge in [0.2, 0.25) is 0 Å². The van der Waals surface area contributed by atoms with Gasteiger partial charge < -0.3 is 10.3 Å².